The first kappa shape index (κ1) is 19.1. The number of pyridine rings is 1. The SMILES string of the molecule is CC1CC1C(=O)NCC(=O)NNC(=O)c1cc(-c2cccs2)nc2ccccc12. The second kappa shape index (κ2) is 8.00. The highest BCUT2D eigenvalue weighted by molar-refractivity contribution is 7.13. The number of benzene rings is 1. The molecule has 3 N–H and O–H groups in total. The minimum absolute atomic E-state index is 0.00348. The van der Waals surface area contributed by atoms with E-state index in [0.717, 1.165) is 11.3 Å². The molecular formula is C21H20N4O3S. The highest BCUT2D eigenvalue weighted by atomic mass is 32.1. The molecule has 29 heavy (non-hydrogen) atoms. The van der Waals surface area contributed by atoms with Crippen molar-refractivity contribution in [3.63, 3.8) is 0 Å². The van der Waals surface area contributed by atoms with Crippen molar-refractivity contribution in [3.8, 4) is 10.6 Å². The number of amides is 3. The van der Waals surface area contributed by atoms with Crippen LogP contribution in [0, 0.1) is 11.8 Å². The molecule has 8 heteroatoms. The van der Waals surface area contributed by atoms with Gasteiger partial charge >= 0.3 is 0 Å². The van der Waals surface area contributed by atoms with Crippen molar-refractivity contribution < 1.29 is 14.4 Å². The van der Waals surface area contributed by atoms with Gasteiger partial charge in [0.2, 0.25) is 5.91 Å². The first-order valence-electron chi connectivity index (χ1n) is 9.33. The monoisotopic (exact) mass is 408 g/mol. The number of carbonyl (C=O) groups is 3. The molecule has 2 unspecified atom stereocenters. The molecule has 7 nitrogen and oxygen atoms in total. The van der Waals surface area contributed by atoms with E-state index in [1.807, 2.05) is 48.7 Å². The largest absolute Gasteiger partial charge is 0.347 e. The van der Waals surface area contributed by atoms with E-state index < -0.39 is 11.8 Å². The summed E-state index contributed by atoms with van der Waals surface area (Å²) >= 11 is 1.54. The summed E-state index contributed by atoms with van der Waals surface area (Å²) < 4.78 is 0. The fourth-order valence-corrected chi connectivity index (χ4v) is 3.82. The smallest absolute Gasteiger partial charge is 0.270 e. The Kier molecular flexibility index (Phi) is 5.26. The number of fused-ring (bicyclic) bond motifs is 1. The van der Waals surface area contributed by atoms with Gasteiger partial charge in [-0.05, 0) is 35.9 Å². The zero-order valence-corrected chi connectivity index (χ0v) is 16.6. The van der Waals surface area contributed by atoms with Gasteiger partial charge in [0.15, 0.2) is 0 Å². The molecule has 1 aliphatic carbocycles. The van der Waals surface area contributed by atoms with Crippen LogP contribution in [0.3, 0.4) is 0 Å². The summed E-state index contributed by atoms with van der Waals surface area (Å²) in [7, 11) is 0. The molecule has 148 valence electrons. The van der Waals surface area contributed by atoms with Crippen LogP contribution in [0.25, 0.3) is 21.5 Å². The second-order valence-electron chi connectivity index (χ2n) is 7.09. The van der Waals surface area contributed by atoms with E-state index in [-0.39, 0.29) is 18.4 Å². The molecule has 0 radical (unpaired) electrons. The topological polar surface area (TPSA) is 100 Å². The van der Waals surface area contributed by atoms with Gasteiger partial charge in [-0.3, -0.25) is 25.2 Å². The van der Waals surface area contributed by atoms with Crippen molar-refractivity contribution in [1.29, 1.82) is 0 Å². The van der Waals surface area contributed by atoms with Crippen LogP contribution in [0.5, 0.6) is 0 Å². The number of carbonyl (C=O) groups excluding carboxylic acids is 3. The third-order valence-electron chi connectivity index (χ3n) is 4.92. The first-order chi connectivity index (χ1) is 14.0. The van der Waals surface area contributed by atoms with Crippen molar-refractivity contribution in [2.75, 3.05) is 6.54 Å². The molecular weight excluding hydrogens is 388 g/mol. The lowest BCUT2D eigenvalue weighted by atomic mass is 10.1. The summed E-state index contributed by atoms with van der Waals surface area (Å²) in [5, 5.41) is 5.22. The summed E-state index contributed by atoms with van der Waals surface area (Å²) in [4.78, 5) is 42.1. The quantitative estimate of drug-likeness (QED) is 0.565. The minimum atomic E-state index is -0.489. The maximum absolute atomic E-state index is 12.7. The number of hydrazine groups is 1. The molecule has 1 aromatic carbocycles. The van der Waals surface area contributed by atoms with Crippen LogP contribution in [0.4, 0.5) is 0 Å². The summed E-state index contributed by atoms with van der Waals surface area (Å²) in [5.74, 6) is -0.694. The summed E-state index contributed by atoms with van der Waals surface area (Å²) in [6, 6.07) is 12.9. The van der Waals surface area contributed by atoms with Gasteiger partial charge in [-0.15, -0.1) is 11.3 Å². The van der Waals surface area contributed by atoms with E-state index in [1.54, 1.807) is 6.07 Å². The number of para-hydroxylation sites is 1. The molecule has 2 aromatic heterocycles. The summed E-state index contributed by atoms with van der Waals surface area (Å²) in [6.07, 6.45) is 0.853. The minimum Gasteiger partial charge on any atom is -0.347 e. The molecule has 3 amide bonds. The van der Waals surface area contributed by atoms with Gasteiger partial charge in [0.25, 0.3) is 11.8 Å². The Morgan fingerprint density at radius 2 is 1.93 bits per heavy atom. The Hall–Kier alpha value is -3.26. The molecule has 3 aromatic rings. The van der Waals surface area contributed by atoms with Gasteiger partial charge in [-0.1, -0.05) is 31.2 Å². The average Bonchev–Trinajstić information content (AvgIpc) is 3.23. The normalized spacial score (nSPS) is 17.6. The van der Waals surface area contributed by atoms with E-state index >= 15 is 0 Å². The van der Waals surface area contributed by atoms with Crippen molar-refractivity contribution in [2.24, 2.45) is 11.8 Å². The van der Waals surface area contributed by atoms with Crippen LogP contribution in [0.1, 0.15) is 23.7 Å². The van der Waals surface area contributed by atoms with Crippen LogP contribution in [0.15, 0.2) is 47.8 Å². The van der Waals surface area contributed by atoms with Gasteiger partial charge in [-0.2, -0.15) is 0 Å². The molecule has 4 rings (SSSR count). The Morgan fingerprint density at radius 1 is 1.14 bits per heavy atom. The zero-order valence-electron chi connectivity index (χ0n) is 15.8. The van der Waals surface area contributed by atoms with Crippen LogP contribution < -0.4 is 16.2 Å². The predicted octanol–water partition coefficient (Wildman–Crippen LogP) is 2.50. The van der Waals surface area contributed by atoms with Gasteiger partial charge in [-0.25, -0.2) is 4.98 Å². The molecule has 2 heterocycles. The number of nitrogens with one attached hydrogen (secondary N) is 3. The number of rotatable bonds is 5. The van der Waals surface area contributed by atoms with E-state index in [0.29, 0.717) is 28.1 Å². The fourth-order valence-electron chi connectivity index (χ4n) is 3.14. The lowest BCUT2D eigenvalue weighted by molar-refractivity contribution is -0.127. The van der Waals surface area contributed by atoms with Gasteiger partial charge in [0, 0.05) is 11.3 Å². The fraction of sp³-hybridized carbons (Fsp3) is 0.238. The molecule has 0 bridgehead atoms. The zero-order chi connectivity index (χ0) is 20.4. The van der Waals surface area contributed by atoms with Gasteiger partial charge in [0.05, 0.1) is 28.2 Å². The third kappa shape index (κ3) is 4.27. The summed E-state index contributed by atoms with van der Waals surface area (Å²) in [6.45, 7) is 1.81. The lowest BCUT2D eigenvalue weighted by Gasteiger charge is -2.11. The van der Waals surface area contributed by atoms with Crippen molar-refractivity contribution in [3.05, 3.63) is 53.4 Å². The van der Waals surface area contributed by atoms with Gasteiger partial charge < -0.3 is 5.32 Å². The maximum atomic E-state index is 12.7. The van der Waals surface area contributed by atoms with Crippen LogP contribution in [-0.4, -0.2) is 29.3 Å². The molecule has 1 fully saturated rings. The Labute approximate surface area is 171 Å². The van der Waals surface area contributed by atoms with Crippen LogP contribution >= 0.6 is 11.3 Å². The summed E-state index contributed by atoms with van der Waals surface area (Å²) in [5.41, 5.74) is 6.58. The predicted molar refractivity (Wildman–Crippen MR) is 111 cm³/mol. The van der Waals surface area contributed by atoms with Crippen molar-refractivity contribution in [2.45, 2.75) is 13.3 Å². The number of hydrogen-bond donors (Lipinski definition) is 3. The van der Waals surface area contributed by atoms with Crippen LogP contribution in [0.2, 0.25) is 0 Å². The molecule has 2 atom stereocenters. The van der Waals surface area contributed by atoms with Gasteiger partial charge in [0.1, 0.15) is 0 Å². The average molecular weight is 408 g/mol. The van der Waals surface area contributed by atoms with Crippen molar-refractivity contribution >= 4 is 40.0 Å². The second-order valence-corrected chi connectivity index (χ2v) is 8.04. The number of aromatic nitrogens is 1. The standard InChI is InChI=1S/C21H20N4O3S/c1-12-9-14(12)20(27)22-11-19(26)24-25-21(28)15-10-17(18-7-4-8-29-18)23-16-6-3-2-5-13(15)16/h2-8,10,12,14H,9,11H2,1H3,(H,22,27)(H,24,26)(H,25,28). The molecule has 0 saturated heterocycles. The lowest BCUT2D eigenvalue weighted by Crippen LogP contribution is -2.46. The number of thiophene rings is 1. The third-order valence-corrected chi connectivity index (χ3v) is 5.81. The van der Waals surface area contributed by atoms with Crippen molar-refractivity contribution in [1.82, 2.24) is 21.2 Å². The highest BCUT2D eigenvalue weighted by Gasteiger charge is 2.38. The first-order valence-corrected chi connectivity index (χ1v) is 10.2. The number of nitrogens with zero attached hydrogens (tertiary/aromatic N) is 1. The Balaban J connectivity index is 1.45. The van der Waals surface area contributed by atoms with Crippen LogP contribution in [-0.2, 0) is 9.59 Å². The van der Waals surface area contributed by atoms with E-state index in [9.17, 15) is 14.4 Å². The molecule has 1 saturated carbocycles. The maximum Gasteiger partial charge on any atom is 0.270 e. The highest BCUT2D eigenvalue weighted by Crippen LogP contribution is 2.37. The van der Waals surface area contributed by atoms with E-state index in [4.69, 9.17) is 0 Å². The Morgan fingerprint density at radius 3 is 2.66 bits per heavy atom. The molecule has 0 aliphatic heterocycles. The van der Waals surface area contributed by atoms with E-state index in [2.05, 4.69) is 21.2 Å². The Bertz CT molecular complexity index is 1080. The number of hydrogen-bond acceptors (Lipinski definition) is 5. The molecule has 0 spiro atoms. The molecule has 1 aliphatic rings. The van der Waals surface area contributed by atoms with E-state index in [1.165, 1.54) is 11.3 Å².